The first-order chi connectivity index (χ1) is 10.8. The maximum absolute atomic E-state index is 13.8. The van der Waals surface area contributed by atoms with Gasteiger partial charge in [0.25, 0.3) is 0 Å². The molecule has 0 saturated heterocycles. The van der Waals surface area contributed by atoms with Gasteiger partial charge in [0.1, 0.15) is 11.6 Å². The first kappa shape index (κ1) is 19.4. The minimum absolute atomic E-state index is 0.258. The van der Waals surface area contributed by atoms with Crippen molar-refractivity contribution in [3.63, 3.8) is 0 Å². The van der Waals surface area contributed by atoms with Crippen molar-refractivity contribution in [2.24, 2.45) is 4.99 Å². The molecule has 0 amide bonds. The van der Waals surface area contributed by atoms with E-state index in [2.05, 4.69) is 15.6 Å². The molecule has 0 radical (unpaired) electrons. The van der Waals surface area contributed by atoms with Gasteiger partial charge in [-0.05, 0) is 32.8 Å². The molecule has 6 heteroatoms. The molecule has 1 aromatic rings. The Bertz CT molecular complexity index is 531. The number of rotatable bonds is 7. The highest BCUT2D eigenvalue weighted by molar-refractivity contribution is 5.80. The number of nitrogens with zero attached hydrogens (tertiary/aromatic N) is 1. The highest BCUT2D eigenvalue weighted by Gasteiger charge is 2.22. The third-order valence-electron chi connectivity index (χ3n) is 3.97. The zero-order valence-corrected chi connectivity index (χ0v) is 14.3. The molecular formula is C17H27F2N3O. The van der Waals surface area contributed by atoms with Crippen LogP contribution in [0.3, 0.4) is 0 Å². The fourth-order valence-corrected chi connectivity index (χ4v) is 2.16. The Balaban J connectivity index is 2.86. The lowest BCUT2D eigenvalue weighted by atomic mass is 9.98. The molecule has 0 heterocycles. The molecule has 1 rings (SSSR count). The van der Waals surface area contributed by atoms with Gasteiger partial charge < -0.3 is 15.7 Å². The van der Waals surface area contributed by atoms with Gasteiger partial charge in [-0.2, -0.15) is 0 Å². The van der Waals surface area contributed by atoms with Crippen LogP contribution in [0.15, 0.2) is 23.2 Å². The van der Waals surface area contributed by atoms with Gasteiger partial charge in [-0.25, -0.2) is 8.78 Å². The molecule has 0 aromatic heterocycles. The van der Waals surface area contributed by atoms with Crippen LogP contribution in [0.1, 0.15) is 52.1 Å². The van der Waals surface area contributed by atoms with Crippen molar-refractivity contribution < 1.29 is 13.9 Å². The number of guanidine groups is 1. The smallest absolute Gasteiger partial charge is 0.191 e. The molecule has 0 fully saturated rings. The third-order valence-corrected chi connectivity index (χ3v) is 3.97. The number of aliphatic imine (C=N–C) groups is 1. The quantitative estimate of drug-likeness (QED) is 0.533. The predicted molar refractivity (Wildman–Crippen MR) is 89.4 cm³/mol. The molecule has 0 saturated carbocycles. The van der Waals surface area contributed by atoms with Gasteiger partial charge in [-0.15, -0.1) is 0 Å². The average Bonchev–Trinajstić information content (AvgIpc) is 2.52. The monoisotopic (exact) mass is 327 g/mol. The van der Waals surface area contributed by atoms with E-state index in [1.807, 2.05) is 20.8 Å². The zero-order chi connectivity index (χ0) is 17.5. The second kappa shape index (κ2) is 8.82. The van der Waals surface area contributed by atoms with E-state index >= 15 is 0 Å². The average molecular weight is 327 g/mol. The largest absolute Gasteiger partial charge is 0.388 e. The molecule has 0 aliphatic carbocycles. The molecule has 1 unspecified atom stereocenters. The molecule has 0 spiro atoms. The van der Waals surface area contributed by atoms with Crippen LogP contribution in [0, 0.1) is 11.6 Å². The minimum Gasteiger partial charge on any atom is -0.388 e. The van der Waals surface area contributed by atoms with Gasteiger partial charge in [0.2, 0.25) is 0 Å². The van der Waals surface area contributed by atoms with Crippen LogP contribution in [0.4, 0.5) is 8.78 Å². The summed E-state index contributed by atoms with van der Waals surface area (Å²) in [6.07, 6.45) is 1.21. The first-order valence-corrected chi connectivity index (χ1v) is 8.07. The van der Waals surface area contributed by atoms with Crippen molar-refractivity contribution in [1.82, 2.24) is 10.6 Å². The molecule has 0 aliphatic heterocycles. The highest BCUT2D eigenvalue weighted by atomic mass is 19.1. The fraction of sp³-hybridized carbons (Fsp3) is 0.588. The molecule has 0 bridgehead atoms. The maximum atomic E-state index is 13.8. The number of benzene rings is 1. The van der Waals surface area contributed by atoms with Crippen LogP contribution < -0.4 is 10.6 Å². The standard InChI is InChI=1S/C17H27F2N3O/c1-5-17(23,6-2)11-21-16(20-7-3)22-12(4)14-9-8-13(18)10-15(14)19/h8-10,12,23H,5-7,11H2,1-4H3,(H2,20,21,22). The molecule has 3 N–H and O–H groups in total. The van der Waals surface area contributed by atoms with E-state index in [1.54, 1.807) is 6.92 Å². The SMILES string of the molecule is CCNC(=NCC(O)(CC)CC)NC(C)c1ccc(F)cc1F. The van der Waals surface area contributed by atoms with Gasteiger partial charge in [0.05, 0.1) is 18.2 Å². The summed E-state index contributed by atoms with van der Waals surface area (Å²) in [5.41, 5.74) is -0.481. The summed E-state index contributed by atoms with van der Waals surface area (Å²) in [4.78, 5) is 4.39. The van der Waals surface area contributed by atoms with Gasteiger partial charge in [-0.3, -0.25) is 4.99 Å². The van der Waals surface area contributed by atoms with Crippen LogP contribution in [0.2, 0.25) is 0 Å². The van der Waals surface area contributed by atoms with Crippen LogP contribution in [-0.2, 0) is 0 Å². The van der Waals surface area contributed by atoms with E-state index in [4.69, 9.17) is 0 Å². The summed E-state index contributed by atoms with van der Waals surface area (Å²) in [7, 11) is 0. The molecule has 23 heavy (non-hydrogen) atoms. The van der Waals surface area contributed by atoms with Crippen LogP contribution >= 0.6 is 0 Å². The number of hydrogen-bond donors (Lipinski definition) is 3. The van der Waals surface area contributed by atoms with Crippen LogP contribution in [-0.4, -0.2) is 29.8 Å². The minimum atomic E-state index is -0.841. The molecule has 1 atom stereocenters. The normalized spacial score (nSPS) is 13.8. The molecule has 130 valence electrons. The van der Waals surface area contributed by atoms with E-state index in [9.17, 15) is 13.9 Å². The summed E-state index contributed by atoms with van der Waals surface area (Å²) in [5, 5.41) is 16.5. The Kier molecular flexibility index (Phi) is 7.42. The Morgan fingerprint density at radius 2 is 1.91 bits per heavy atom. The maximum Gasteiger partial charge on any atom is 0.191 e. The van der Waals surface area contributed by atoms with Crippen molar-refractivity contribution in [3.8, 4) is 0 Å². The number of nitrogens with one attached hydrogen (secondary N) is 2. The van der Waals surface area contributed by atoms with Gasteiger partial charge in [0.15, 0.2) is 5.96 Å². The predicted octanol–water partition coefficient (Wildman–Crippen LogP) is 3.13. The zero-order valence-electron chi connectivity index (χ0n) is 14.3. The van der Waals surface area contributed by atoms with Crippen molar-refractivity contribution in [2.75, 3.05) is 13.1 Å². The number of aliphatic hydroxyl groups is 1. The van der Waals surface area contributed by atoms with Crippen molar-refractivity contribution >= 4 is 5.96 Å². The molecule has 4 nitrogen and oxygen atoms in total. The van der Waals surface area contributed by atoms with E-state index in [-0.39, 0.29) is 12.6 Å². The van der Waals surface area contributed by atoms with Gasteiger partial charge >= 0.3 is 0 Å². The second-order valence-corrected chi connectivity index (χ2v) is 5.66. The van der Waals surface area contributed by atoms with Gasteiger partial charge in [0, 0.05) is 18.2 Å². The summed E-state index contributed by atoms with van der Waals surface area (Å²) in [6.45, 7) is 8.42. The Labute approximate surface area is 137 Å². The molecule has 1 aromatic carbocycles. The number of halogens is 2. The van der Waals surface area contributed by atoms with Crippen LogP contribution in [0.25, 0.3) is 0 Å². The summed E-state index contributed by atoms with van der Waals surface area (Å²) in [6, 6.07) is 3.13. The Hall–Kier alpha value is -1.69. The second-order valence-electron chi connectivity index (χ2n) is 5.66. The van der Waals surface area contributed by atoms with E-state index in [1.165, 1.54) is 12.1 Å². The fourth-order valence-electron chi connectivity index (χ4n) is 2.16. The van der Waals surface area contributed by atoms with Crippen LogP contribution in [0.5, 0.6) is 0 Å². The summed E-state index contributed by atoms with van der Waals surface area (Å²) in [5.74, 6) is -0.710. The van der Waals surface area contributed by atoms with Crippen molar-refractivity contribution in [2.45, 2.75) is 52.2 Å². The highest BCUT2D eigenvalue weighted by Crippen LogP contribution is 2.18. The van der Waals surface area contributed by atoms with E-state index in [0.29, 0.717) is 30.9 Å². The van der Waals surface area contributed by atoms with Crippen molar-refractivity contribution in [3.05, 3.63) is 35.4 Å². The summed E-state index contributed by atoms with van der Waals surface area (Å²) < 4.78 is 26.8. The van der Waals surface area contributed by atoms with E-state index < -0.39 is 17.2 Å². The number of hydrogen-bond acceptors (Lipinski definition) is 2. The lowest BCUT2D eigenvalue weighted by Gasteiger charge is -2.24. The Morgan fingerprint density at radius 1 is 1.26 bits per heavy atom. The lowest BCUT2D eigenvalue weighted by molar-refractivity contribution is 0.0417. The first-order valence-electron chi connectivity index (χ1n) is 8.07. The third kappa shape index (κ3) is 5.78. The molecular weight excluding hydrogens is 300 g/mol. The molecule has 0 aliphatic rings. The van der Waals surface area contributed by atoms with Gasteiger partial charge in [-0.1, -0.05) is 19.9 Å². The topological polar surface area (TPSA) is 56.7 Å². The summed E-state index contributed by atoms with van der Waals surface area (Å²) >= 11 is 0. The Morgan fingerprint density at radius 3 is 2.43 bits per heavy atom. The lowest BCUT2D eigenvalue weighted by Crippen LogP contribution is -2.41. The van der Waals surface area contributed by atoms with Crippen molar-refractivity contribution in [1.29, 1.82) is 0 Å². The van der Waals surface area contributed by atoms with E-state index in [0.717, 1.165) is 6.07 Å².